The molecule has 2 amide bonds. The Morgan fingerprint density at radius 2 is 1.93 bits per heavy atom. The van der Waals surface area contributed by atoms with Crippen LogP contribution in [0.2, 0.25) is 0 Å². The zero-order valence-electron chi connectivity index (χ0n) is 18.7. The van der Waals surface area contributed by atoms with Gasteiger partial charge in [-0.3, -0.25) is 0 Å². The lowest BCUT2D eigenvalue weighted by atomic mass is 9.83. The van der Waals surface area contributed by atoms with Crippen LogP contribution in [0, 0.1) is 0 Å². The van der Waals surface area contributed by atoms with Crippen molar-refractivity contribution in [1.29, 1.82) is 0 Å². The predicted molar refractivity (Wildman–Crippen MR) is 121 cm³/mol. The highest BCUT2D eigenvalue weighted by atomic mass is 16.3. The number of carbonyl (C=O) groups is 1. The minimum absolute atomic E-state index is 0.0278. The lowest BCUT2D eigenvalue weighted by Crippen LogP contribution is -2.42. The van der Waals surface area contributed by atoms with Crippen molar-refractivity contribution in [3.8, 4) is 11.5 Å². The van der Waals surface area contributed by atoms with Gasteiger partial charge in [0.05, 0.1) is 0 Å². The number of hydrogen-bond donors (Lipinski definition) is 3. The molecule has 5 heteroatoms. The number of rotatable bonds is 7. The molecule has 1 aromatic carbocycles. The molecule has 2 aliphatic rings. The van der Waals surface area contributed by atoms with Crippen molar-refractivity contribution in [2.24, 2.45) is 0 Å². The summed E-state index contributed by atoms with van der Waals surface area (Å²) in [7, 11) is 0. The second kappa shape index (κ2) is 10.7. The van der Waals surface area contributed by atoms with Gasteiger partial charge < -0.3 is 20.4 Å². The summed E-state index contributed by atoms with van der Waals surface area (Å²) in [5.41, 5.74) is 3.63. The molecule has 1 heterocycles. The second-order valence-corrected chi connectivity index (χ2v) is 8.97. The molecule has 1 saturated heterocycles. The second-order valence-electron chi connectivity index (χ2n) is 8.97. The largest absolute Gasteiger partial charge is 0.507 e. The Labute approximate surface area is 181 Å². The lowest BCUT2D eigenvalue weighted by Gasteiger charge is -2.28. The number of amides is 2. The fourth-order valence-corrected chi connectivity index (χ4v) is 4.83. The molecule has 30 heavy (non-hydrogen) atoms. The number of benzene rings is 1. The van der Waals surface area contributed by atoms with Crippen LogP contribution in [0.1, 0.15) is 94.2 Å². The Bertz CT molecular complexity index is 766. The molecular weight excluding hydrogens is 376 g/mol. The summed E-state index contributed by atoms with van der Waals surface area (Å²) in [6.45, 7) is 6.17. The molecule has 0 aromatic heterocycles. The van der Waals surface area contributed by atoms with Gasteiger partial charge >= 0.3 is 6.03 Å². The van der Waals surface area contributed by atoms with E-state index in [0.717, 1.165) is 82.0 Å². The van der Waals surface area contributed by atoms with Crippen LogP contribution in [0.25, 0.3) is 0 Å². The number of nitrogens with zero attached hydrogens (tertiary/aromatic N) is 1. The van der Waals surface area contributed by atoms with Crippen LogP contribution < -0.4 is 5.32 Å². The van der Waals surface area contributed by atoms with Crippen LogP contribution in [0.3, 0.4) is 0 Å². The van der Waals surface area contributed by atoms with Gasteiger partial charge in [0.25, 0.3) is 0 Å². The van der Waals surface area contributed by atoms with E-state index in [2.05, 4.69) is 25.2 Å². The number of allylic oxidation sites excluding steroid dienone is 2. The average Bonchev–Trinajstić information content (AvgIpc) is 2.74. The van der Waals surface area contributed by atoms with Gasteiger partial charge in [0.1, 0.15) is 11.5 Å². The maximum absolute atomic E-state index is 12.6. The molecule has 5 nitrogen and oxygen atoms in total. The molecule has 3 rings (SSSR count). The fourth-order valence-electron chi connectivity index (χ4n) is 4.83. The van der Waals surface area contributed by atoms with Crippen LogP contribution in [-0.4, -0.2) is 34.2 Å². The highest BCUT2D eigenvalue weighted by molar-refractivity contribution is 5.74. The van der Waals surface area contributed by atoms with E-state index in [-0.39, 0.29) is 23.4 Å². The van der Waals surface area contributed by atoms with E-state index in [1.807, 2.05) is 11.0 Å². The summed E-state index contributed by atoms with van der Waals surface area (Å²) in [5.74, 6) is 0.373. The Morgan fingerprint density at radius 1 is 1.17 bits per heavy atom. The number of unbranched alkanes of at least 4 members (excludes halogenated alkanes) is 2. The van der Waals surface area contributed by atoms with E-state index < -0.39 is 0 Å². The highest BCUT2D eigenvalue weighted by Crippen LogP contribution is 2.44. The van der Waals surface area contributed by atoms with Gasteiger partial charge in [0, 0.05) is 36.7 Å². The third-order valence-corrected chi connectivity index (χ3v) is 6.57. The number of phenolic OH excluding ortho intramolecular Hbond substituents is 2. The summed E-state index contributed by atoms with van der Waals surface area (Å²) in [6.07, 6.45) is 12.5. The number of urea groups is 1. The van der Waals surface area contributed by atoms with Gasteiger partial charge in [-0.1, -0.05) is 31.4 Å². The van der Waals surface area contributed by atoms with Crippen LogP contribution in [0.4, 0.5) is 4.79 Å². The monoisotopic (exact) mass is 414 g/mol. The summed E-state index contributed by atoms with van der Waals surface area (Å²) in [4.78, 5) is 14.5. The van der Waals surface area contributed by atoms with Crippen molar-refractivity contribution >= 4 is 6.03 Å². The zero-order chi connectivity index (χ0) is 21.5. The number of piperidine rings is 1. The van der Waals surface area contributed by atoms with Crippen molar-refractivity contribution in [3.05, 3.63) is 34.4 Å². The van der Waals surface area contributed by atoms with E-state index in [9.17, 15) is 15.0 Å². The predicted octanol–water partition coefficient (Wildman–Crippen LogP) is 5.74. The van der Waals surface area contributed by atoms with E-state index in [0.29, 0.717) is 12.1 Å². The maximum Gasteiger partial charge on any atom is 0.317 e. The number of carbonyl (C=O) groups excluding carboxylic acids is 1. The summed E-state index contributed by atoms with van der Waals surface area (Å²) in [6, 6.07) is 1.77. The van der Waals surface area contributed by atoms with Crippen molar-refractivity contribution in [2.45, 2.75) is 90.5 Å². The molecule has 1 atom stereocenters. The van der Waals surface area contributed by atoms with Crippen molar-refractivity contribution in [1.82, 2.24) is 10.2 Å². The summed E-state index contributed by atoms with van der Waals surface area (Å²) < 4.78 is 0. The normalized spacial score (nSPS) is 19.5. The molecule has 0 spiro atoms. The number of phenols is 2. The molecule has 3 N–H and O–H groups in total. The van der Waals surface area contributed by atoms with Crippen LogP contribution in [0.15, 0.2) is 17.7 Å². The maximum atomic E-state index is 12.6. The molecule has 0 saturated carbocycles. The smallest absolute Gasteiger partial charge is 0.317 e. The molecule has 1 unspecified atom stereocenters. The van der Waals surface area contributed by atoms with Gasteiger partial charge in [0.15, 0.2) is 0 Å². The molecule has 1 aliphatic heterocycles. The standard InChI is InChI=1S/C25H38N2O3/c1-3-4-6-11-19-16-22(28)23(20-12-9-10-18(2)15-20)24(29)21(19)17-26-25(30)27-13-7-5-8-14-27/h15-16,20,28-29H,3-14,17H2,1-2H3,(H,26,30). The first kappa shape index (κ1) is 22.5. The lowest BCUT2D eigenvalue weighted by molar-refractivity contribution is 0.186. The van der Waals surface area contributed by atoms with E-state index in [1.54, 1.807) is 0 Å². The molecule has 1 fully saturated rings. The highest BCUT2D eigenvalue weighted by Gasteiger charge is 2.25. The van der Waals surface area contributed by atoms with Crippen molar-refractivity contribution < 1.29 is 15.0 Å². The van der Waals surface area contributed by atoms with Gasteiger partial charge in [-0.25, -0.2) is 4.79 Å². The Morgan fingerprint density at radius 3 is 2.63 bits per heavy atom. The Balaban J connectivity index is 1.85. The molecule has 0 bridgehead atoms. The Kier molecular flexibility index (Phi) is 8.06. The quantitative estimate of drug-likeness (QED) is 0.393. The molecule has 1 aliphatic carbocycles. The van der Waals surface area contributed by atoms with Crippen LogP contribution in [0.5, 0.6) is 11.5 Å². The first-order valence-electron chi connectivity index (χ1n) is 11.8. The van der Waals surface area contributed by atoms with Gasteiger partial charge in [0.2, 0.25) is 0 Å². The van der Waals surface area contributed by atoms with Gasteiger partial charge in [-0.2, -0.15) is 0 Å². The number of aromatic hydroxyl groups is 2. The summed E-state index contributed by atoms with van der Waals surface area (Å²) >= 11 is 0. The molecule has 0 radical (unpaired) electrons. The zero-order valence-corrected chi connectivity index (χ0v) is 18.7. The number of aryl methyl sites for hydroxylation is 1. The summed E-state index contributed by atoms with van der Waals surface area (Å²) in [5, 5.41) is 25.0. The van der Waals surface area contributed by atoms with E-state index in [4.69, 9.17) is 0 Å². The average molecular weight is 415 g/mol. The SMILES string of the molecule is CCCCCc1cc(O)c(C2C=C(C)CCC2)c(O)c1CNC(=O)N1CCCCC1. The molecule has 166 valence electrons. The van der Waals surface area contributed by atoms with Crippen molar-refractivity contribution in [2.75, 3.05) is 13.1 Å². The first-order chi connectivity index (χ1) is 14.5. The number of hydrogen-bond acceptors (Lipinski definition) is 3. The topological polar surface area (TPSA) is 72.8 Å². The van der Waals surface area contributed by atoms with Gasteiger partial charge in [-0.15, -0.1) is 0 Å². The van der Waals surface area contributed by atoms with Crippen molar-refractivity contribution in [3.63, 3.8) is 0 Å². The molecule has 1 aromatic rings. The minimum Gasteiger partial charge on any atom is -0.507 e. The van der Waals surface area contributed by atoms with E-state index in [1.165, 1.54) is 12.0 Å². The fraction of sp³-hybridized carbons (Fsp3) is 0.640. The third-order valence-electron chi connectivity index (χ3n) is 6.57. The first-order valence-corrected chi connectivity index (χ1v) is 11.8. The van der Waals surface area contributed by atoms with Gasteiger partial charge in [-0.05, 0) is 69.9 Å². The van der Waals surface area contributed by atoms with Crippen LogP contribution >= 0.6 is 0 Å². The minimum atomic E-state index is -0.0587. The Hall–Kier alpha value is -2.17. The number of likely N-dealkylation sites (tertiary alicyclic amines) is 1. The molecular formula is C25H38N2O3. The van der Waals surface area contributed by atoms with E-state index >= 15 is 0 Å². The van der Waals surface area contributed by atoms with Crippen LogP contribution in [-0.2, 0) is 13.0 Å². The number of nitrogens with one attached hydrogen (secondary N) is 1. The third kappa shape index (κ3) is 5.50.